The van der Waals surface area contributed by atoms with Gasteiger partial charge in [0, 0.05) is 33.1 Å². The van der Waals surface area contributed by atoms with Crippen molar-refractivity contribution in [3.05, 3.63) is 52.7 Å². The Kier molecular flexibility index (Phi) is 4.88. The first-order valence-electron chi connectivity index (χ1n) is 9.36. The second kappa shape index (κ2) is 7.37. The van der Waals surface area contributed by atoms with Crippen molar-refractivity contribution in [1.29, 1.82) is 0 Å². The minimum absolute atomic E-state index is 0.151. The van der Waals surface area contributed by atoms with Gasteiger partial charge in [0.2, 0.25) is 0 Å². The molecule has 1 aromatic carbocycles. The van der Waals surface area contributed by atoms with Crippen LogP contribution in [-0.4, -0.2) is 54.3 Å². The zero-order valence-electron chi connectivity index (χ0n) is 17.0. The number of hydrogen-bond acceptors (Lipinski definition) is 5. The maximum Gasteiger partial charge on any atom is 0.333 e. The fourth-order valence-corrected chi connectivity index (χ4v) is 3.57. The van der Waals surface area contributed by atoms with Crippen LogP contribution >= 0.6 is 0 Å². The Bertz CT molecular complexity index is 1280. The largest absolute Gasteiger partial charge is 0.383 e. The number of nitrogens with zero attached hydrogens (tertiary/aromatic N) is 5. The molecule has 4 aromatic rings. The van der Waals surface area contributed by atoms with Crippen LogP contribution in [0.1, 0.15) is 5.69 Å². The number of anilines is 1. The maximum atomic E-state index is 13.1. The van der Waals surface area contributed by atoms with Gasteiger partial charge in [-0.3, -0.25) is 14.1 Å². The monoisotopic (exact) mass is 387 g/mol. The van der Waals surface area contributed by atoms with Gasteiger partial charge in [-0.15, -0.1) is 0 Å². The molecule has 0 fully saturated rings. The van der Waals surface area contributed by atoms with Gasteiger partial charge in [0.05, 0.1) is 40.7 Å². The summed E-state index contributed by atoms with van der Waals surface area (Å²) in [6.07, 6.45) is 1.72. The van der Waals surface area contributed by atoms with Crippen LogP contribution in [0.4, 0.5) is 5.82 Å². The highest BCUT2D eigenvalue weighted by Gasteiger charge is 2.18. The predicted octanol–water partition coefficient (Wildman–Crippen LogP) is 1.46. The summed E-state index contributed by atoms with van der Waals surface area (Å²) in [6.45, 7) is 3.25. The molecule has 2 radical (unpaired) electrons. The molecule has 0 aliphatic rings. The molecule has 8 heteroatoms. The number of methoxy groups -OCH3 is 1. The van der Waals surface area contributed by atoms with Crippen LogP contribution in [0.3, 0.4) is 0 Å². The van der Waals surface area contributed by atoms with Gasteiger partial charge >= 0.3 is 5.69 Å². The molecule has 7 nitrogen and oxygen atoms in total. The third kappa shape index (κ3) is 3.19. The van der Waals surface area contributed by atoms with Gasteiger partial charge in [-0.2, -0.15) is 0 Å². The van der Waals surface area contributed by atoms with E-state index in [4.69, 9.17) is 17.6 Å². The van der Waals surface area contributed by atoms with Crippen molar-refractivity contribution in [3.8, 4) is 5.69 Å². The second-order valence-electron chi connectivity index (χ2n) is 7.13. The van der Waals surface area contributed by atoms with E-state index >= 15 is 0 Å². The van der Waals surface area contributed by atoms with E-state index in [2.05, 4.69) is 4.98 Å². The van der Waals surface area contributed by atoms with E-state index in [9.17, 15) is 4.79 Å². The lowest BCUT2D eigenvalue weighted by atomic mass is 9.94. The first-order valence-corrected chi connectivity index (χ1v) is 9.36. The Morgan fingerprint density at radius 3 is 2.76 bits per heavy atom. The van der Waals surface area contributed by atoms with Crippen molar-refractivity contribution in [2.24, 2.45) is 7.05 Å². The Morgan fingerprint density at radius 1 is 1.24 bits per heavy atom. The molecule has 0 atom stereocenters. The molecule has 0 aliphatic heterocycles. The van der Waals surface area contributed by atoms with Gasteiger partial charge in [0.15, 0.2) is 0 Å². The van der Waals surface area contributed by atoms with Gasteiger partial charge < -0.3 is 9.64 Å². The van der Waals surface area contributed by atoms with Crippen LogP contribution in [0.2, 0.25) is 0 Å². The molecule has 3 heterocycles. The molecule has 0 unspecified atom stereocenters. The van der Waals surface area contributed by atoms with E-state index in [1.807, 2.05) is 49.2 Å². The number of hydrogen-bond donors (Lipinski definition) is 0. The van der Waals surface area contributed by atoms with Gasteiger partial charge in [0.25, 0.3) is 0 Å². The maximum absolute atomic E-state index is 13.1. The van der Waals surface area contributed by atoms with Crippen molar-refractivity contribution < 1.29 is 4.74 Å². The number of fused-ring (bicyclic) bond motifs is 3. The molecule has 3 aromatic heterocycles. The van der Waals surface area contributed by atoms with Crippen molar-refractivity contribution >= 4 is 41.1 Å². The second-order valence-corrected chi connectivity index (χ2v) is 7.13. The minimum atomic E-state index is -0.151. The van der Waals surface area contributed by atoms with E-state index < -0.39 is 0 Å². The topological polar surface area (TPSA) is 65.2 Å². The van der Waals surface area contributed by atoms with Crippen LogP contribution in [0.5, 0.6) is 0 Å². The third-order valence-corrected chi connectivity index (χ3v) is 5.21. The fourth-order valence-electron chi connectivity index (χ4n) is 3.57. The van der Waals surface area contributed by atoms with Gasteiger partial charge in [-0.25, -0.2) is 9.78 Å². The zero-order chi connectivity index (χ0) is 20.7. The number of ether oxygens (including phenoxy) is 1. The number of aromatic nitrogens is 4. The molecule has 4 rings (SSSR count). The van der Waals surface area contributed by atoms with E-state index in [0.29, 0.717) is 12.1 Å². The molecule has 0 saturated carbocycles. The average molecular weight is 387 g/mol. The normalized spacial score (nSPS) is 11.4. The molecular weight excluding hydrogens is 365 g/mol. The highest BCUT2D eigenvalue weighted by molar-refractivity contribution is 6.33. The Labute approximate surface area is 170 Å². The first kappa shape index (κ1) is 19.2. The molecule has 0 spiro atoms. The number of rotatable bonds is 5. The Morgan fingerprint density at radius 2 is 2.03 bits per heavy atom. The van der Waals surface area contributed by atoms with E-state index in [0.717, 1.165) is 45.7 Å². The highest BCUT2D eigenvalue weighted by Crippen LogP contribution is 2.26. The smallest absolute Gasteiger partial charge is 0.333 e. The van der Waals surface area contributed by atoms with Gasteiger partial charge in [-0.1, -0.05) is 17.6 Å². The van der Waals surface area contributed by atoms with Crippen LogP contribution in [0, 0.1) is 6.92 Å². The predicted molar refractivity (Wildman–Crippen MR) is 117 cm³/mol. The molecule has 0 saturated heterocycles. The molecule has 0 N–H and O–H groups in total. The van der Waals surface area contributed by atoms with Crippen molar-refractivity contribution in [3.63, 3.8) is 0 Å². The highest BCUT2D eigenvalue weighted by atomic mass is 16.5. The summed E-state index contributed by atoms with van der Waals surface area (Å²) in [5.41, 5.74) is 4.28. The van der Waals surface area contributed by atoms with Crippen molar-refractivity contribution in [2.45, 2.75) is 6.92 Å². The van der Waals surface area contributed by atoms with Crippen LogP contribution < -0.4 is 16.1 Å². The third-order valence-electron chi connectivity index (χ3n) is 5.21. The van der Waals surface area contributed by atoms with Gasteiger partial charge in [0.1, 0.15) is 13.7 Å². The number of pyridine rings is 2. The molecule has 146 valence electrons. The minimum Gasteiger partial charge on any atom is -0.383 e. The first-order chi connectivity index (χ1) is 13.9. The van der Waals surface area contributed by atoms with Crippen LogP contribution in [0.15, 0.2) is 41.3 Å². The number of aryl methyl sites for hydroxylation is 2. The summed E-state index contributed by atoms with van der Waals surface area (Å²) in [7, 11) is 11.4. The average Bonchev–Trinajstić information content (AvgIpc) is 2.97. The molecule has 0 amide bonds. The molecule has 0 aliphatic carbocycles. The Hall–Kier alpha value is -3.13. The molecular formula is C21H22BN5O2. The molecule has 0 bridgehead atoms. The number of likely N-dealkylation sites (N-methyl/N-ethyl adjacent to an activating group) is 1. The summed E-state index contributed by atoms with van der Waals surface area (Å²) >= 11 is 0. The van der Waals surface area contributed by atoms with E-state index in [1.54, 1.807) is 29.5 Å². The molecule has 29 heavy (non-hydrogen) atoms. The van der Waals surface area contributed by atoms with Crippen molar-refractivity contribution in [1.82, 2.24) is 19.1 Å². The summed E-state index contributed by atoms with van der Waals surface area (Å²) < 4.78 is 8.44. The lowest BCUT2D eigenvalue weighted by molar-refractivity contribution is 0.206. The standard InChI is InChI=1S/C21H22BN5O2/c1-13-17(7-8-19(24-13)25(2)9-10-29-4)27-20-15-11-14(22)5-6-16(15)23-12-18(20)26(3)21(27)28/h5-8,11-12H,9-10H2,1-4H3. The summed E-state index contributed by atoms with van der Waals surface area (Å²) in [5.74, 6) is 0.826. The summed E-state index contributed by atoms with van der Waals surface area (Å²) in [5, 5.41) is 0.834. The van der Waals surface area contributed by atoms with Gasteiger partial charge in [-0.05, 0) is 25.1 Å². The summed E-state index contributed by atoms with van der Waals surface area (Å²) in [6, 6.07) is 9.38. The summed E-state index contributed by atoms with van der Waals surface area (Å²) in [4.78, 5) is 24.4. The van der Waals surface area contributed by atoms with E-state index in [-0.39, 0.29) is 5.69 Å². The number of imidazole rings is 1. The lowest BCUT2D eigenvalue weighted by Gasteiger charge is -2.19. The van der Waals surface area contributed by atoms with Crippen LogP contribution in [0.25, 0.3) is 27.6 Å². The quantitative estimate of drug-likeness (QED) is 0.485. The van der Waals surface area contributed by atoms with Crippen molar-refractivity contribution in [2.75, 3.05) is 32.2 Å². The Balaban J connectivity index is 1.95. The van der Waals surface area contributed by atoms with E-state index in [1.165, 1.54) is 0 Å². The SMILES string of the molecule is [B]c1ccc2ncc3c(c2c1)n(-c1ccc(N(C)CCOC)nc1C)c(=O)n3C. The van der Waals surface area contributed by atoms with Crippen LogP contribution in [-0.2, 0) is 11.8 Å². The lowest BCUT2D eigenvalue weighted by Crippen LogP contribution is -2.24. The zero-order valence-corrected chi connectivity index (χ0v) is 17.0. The number of benzene rings is 1. The fraction of sp³-hybridized carbons (Fsp3) is 0.286.